The first-order valence-electron chi connectivity index (χ1n) is 4.85. The van der Waals surface area contributed by atoms with Crippen LogP contribution in [0.2, 0.25) is 19.6 Å². The lowest BCUT2D eigenvalue weighted by Gasteiger charge is -2.13. The predicted octanol–water partition coefficient (Wildman–Crippen LogP) is 2.98. The Labute approximate surface area is 92.3 Å². The molecule has 0 saturated heterocycles. The Morgan fingerprint density at radius 2 is 2.00 bits per heavy atom. The summed E-state index contributed by atoms with van der Waals surface area (Å²) in [6.07, 6.45) is 0.602. The van der Waals surface area contributed by atoms with Crippen LogP contribution in [0.4, 0.5) is 0 Å². The molecule has 2 nitrogen and oxygen atoms in total. The molecule has 0 aromatic heterocycles. The zero-order chi connectivity index (χ0) is 11.2. The van der Waals surface area contributed by atoms with Gasteiger partial charge in [0.15, 0.2) is 0 Å². The number of ether oxygens (including phenoxy) is 1. The lowest BCUT2D eigenvalue weighted by atomic mass is 10.2. The van der Waals surface area contributed by atoms with Crippen molar-refractivity contribution < 1.29 is 9.53 Å². The van der Waals surface area contributed by atoms with Gasteiger partial charge in [-0.15, -0.1) is 11.6 Å². The van der Waals surface area contributed by atoms with Crippen molar-refractivity contribution >= 4 is 25.6 Å². The van der Waals surface area contributed by atoms with Crippen LogP contribution in [0.25, 0.3) is 0 Å². The highest BCUT2D eigenvalue weighted by atomic mass is 35.5. The molecule has 82 valence electrons. The third-order valence-electron chi connectivity index (χ3n) is 1.51. The van der Waals surface area contributed by atoms with Gasteiger partial charge in [-0.2, -0.15) is 0 Å². The smallest absolute Gasteiger partial charge is 0.333 e. The van der Waals surface area contributed by atoms with Gasteiger partial charge in [0.05, 0.1) is 14.7 Å². The minimum absolute atomic E-state index is 0.212. The molecule has 0 aliphatic heterocycles. The second kappa shape index (κ2) is 6.25. The summed E-state index contributed by atoms with van der Waals surface area (Å²) in [4.78, 5) is 11.5. The largest absolute Gasteiger partial charge is 0.463 e. The minimum atomic E-state index is -1.37. The third-order valence-corrected chi connectivity index (χ3v) is 2.91. The molecule has 0 aromatic carbocycles. The molecule has 0 aromatic rings. The van der Waals surface area contributed by atoms with Gasteiger partial charge in [0.2, 0.25) is 0 Å². The maximum atomic E-state index is 11.5. The maximum absolute atomic E-state index is 11.5. The monoisotopic (exact) mass is 234 g/mol. The van der Waals surface area contributed by atoms with Crippen LogP contribution >= 0.6 is 11.6 Å². The van der Waals surface area contributed by atoms with Crippen molar-refractivity contribution in [2.24, 2.45) is 0 Å². The molecular weight excluding hydrogens is 216 g/mol. The van der Waals surface area contributed by atoms with Crippen molar-refractivity contribution in [3.63, 3.8) is 0 Å². The number of halogens is 1. The molecule has 0 aliphatic carbocycles. The van der Waals surface area contributed by atoms with Gasteiger partial charge in [-0.1, -0.05) is 25.3 Å². The number of hydrogen-bond donors (Lipinski definition) is 0. The second-order valence-corrected chi connectivity index (χ2v) is 9.59. The van der Waals surface area contributed by atoms with Crippen molar-refractivity contribution in [1.29, 1.82) is 0 Å². The quantitative estimate of drug-likeness (QED) is 0.316. The summed E-state index contributed by atoms with van der Waals surface area (Å²) in [5.74, 6) is 0.255. The topological polar surface area (TPSA) is 26.3 Å². The highest BCUT2D eigenvalue weighted by Gasteiger charge is 2.16. The molecule has 0 N–H and O–H groups in total. The molecule has 14 heavy (non-hydrogen) atoms. The average Bonchev–Trinajstić information content (AvgIpc) is 2.01. The van der Waals surface area contributed by atoms with Gasteiger partial charge in [-0.3, -0.25) is 0 Å². The summed E-state index contributed by atoms with van der Waals surface area (Å²) in [5, 5.41) is 0. The van der Waals surface area contributed by atoms with Crippen molar-refractivity contribution in [2.45, 2.75) is 33.0 Å². The van der Waals surface area contributed by atoms with E-state index < -0.39 is 8.07 Å². The predicted molar refractivity (Wildman–Crippen MR) is 63.4 cm³/mol. The van der Waals surface area contributed by atoms with Gasteiger partial charge >= 0.3 is 5.97 Å². The Bertz CT molecular complexity index is 219. The van der Waals surface area contributed by atoms with Crippen molar-refractivity contribution in [3.8, 4) is 0 Å². The average molecular weight is 235 g/mol. The second-order valence-electron chi connectivity index (χ2n) is 4.20. The van der Waals surface area contributed by atoms with E-state index in [1.165, 1.54) is 0 Å². The summed E-state index contributed by atoms with van der Waals surface area (Å²) >= 11 is 5.64. The van der Waals surface area contributed by atoms with E-state index in [1.807, 2.05) is 6.92 Å². The van der Waals surface area contributed by atoms with E-state index in [4.69, 9.17) is 16.3 Å². The summed E-state index contributed by atoms with van der Waals surface area (Å²) in [5.41, 5.74) is 2.80. The molecule has 0 heterocycles. The van der Waals surface area contributed by atoms with Crippen molar-refractivity contribution in [1.82, 2.24) is 0 Å². The number of esters is 1. The summed E-state index contributed by atoms with van der Waals surface area (Å²) in [6, 6.07) is 0. The molecule has 0 radical (unpaired) electrons. The Kier molecular flexibility index (Phi) is 6.12. The first-order valence-corrected chi connectivity index (χ1v) is 8.96. The first kappa shape index (κ1) is 13.7. The van der Waals surface area contributed by atoms with Crippen LogP contribution in [0.3, 0.4) is 0 Å². The molecule has 0 atom stereocenters. The van der Waals surface area contributed by atoms with Crippen LogP contribution in [0.1, 0.15) is 13.3 Å². The van der Waals surface area contributed by atoms with Crippen LogP contribution < -0.4 is 0 Å². The van der Waals surface area contributed by atoms with E-state index in [2.05, 4.69) is 25.3 Å². The van der Waals surface area contributed by atoms with Gasteiger partial charge in [0.25, 0.3) is 0 Å². The Morgan fingerprint density at radius 1 is 1.43 bits per heavy atom. The maximum Gasteiger partial charge on any atom is 0.333 e. The van der Waals surface area contributed by atoms with E-state index in [-0.39, 0.29) is 5.97 Å². The van der Waals surface area contributed by atoms with Gasteiger partial charge in [-0.05, 0) is 13.3 Å². The van der Waals surface area contributed by atoms with E-state index in [0.29, 0.717) is 18.9 Å². The normalized spacial score (nSPS) is 12.8. The molecule has 0 rings (SSSR count). The Hall–Kier alpha value is -0.283. The van der Waals surface area contributed by atoms with E-state index >= 15 is 0 Å². The zero-order valence-electron chi connectivity index (χ0n) is 9.39. The molecule has 0 aliphatic rings. The lowest BCUT2D eigenvalue weighted by molar-refractivity contribution is -0.138. The fraction of sp³-hybridized carbons (Fsp3) is 0.700. The van der Waals surface area contributed by atoms with E-state index in [0.717, 1.165) is 5.57 Å². The standard InChI is InChI=1S/C10H19ClO2Si/c1-5-13-10(12)9(6-7-11)8-14(2,3)4/h8H,5-7H2,1-4H3/b9-8+. The molecule has 4 heteroatoms. The zero-order valence-corrected chi connectivity index (χ0v) is 11.1. The first-order chi connectivity index (χ1) is 6.40. The van der Waals surface area contributed by atoms with Crippen LogP contribution in [-0.4, -0.2) is 26.5 Å². The molecule has 0 fully saturated rings. The van der Waals surface area contributed by atoms with E-state index in [1.54, 1.807) is 0 Å². The van der Waals surface area contributed by atoms with Gasteiger partial charge in [0.1, 0.15) is 0 Å². The highest BCUT2D eigenvalue weighted by Crippen LogP contribution is 2.12. The molecule has 0 spiro atoms. The Balaban J connectivity index is 4.58. The van der Waals surface area contributed by atoms with Crippen LogP contribution in [0.5, 0.6) is 0 Å². The molecule has 0 saturated carbocycles. The number of carbonyl (C=O) groups is 1. The van der Waals surface area contributed by atoms with E-state index in [9.17, 15) is 4.79 Å². The molecule has 0 bridgehead atoms. The van der Waals surface area contributed by atoms with Gasteiger partial charge in [-0.25, -0.2) is 4.79 Å². The summed E-state index contributed by atoms with van der Waals surface area (Å²) < 4.78 is 4.96. The number of carbonyl (C=O) groups excluding carboxylic acids is 1. The molecule has 0 amide bonds. The van der Waals surface area contributed by atoms with Crippen LogP contribution in [-0.2, 0) is 9.53 Å². The third kappa shape index (κ3) is 6.21. The number of hydrogen-bond acceptors (Lipinski definition) is 2. The van der Waals surface area contributed by atoms with Crippen molar-refractivity contribution in [3.05, 3.63) is 11.3 Å². The SMILES string of the molecule is CCOC(=O)/C(=C/[Si](C)(C)C)CCCl. The lowest BCUT2D eigenvalue weighted by Crippen LogP contribution is -2.20. The molecular formula is C10H19ClO2Si. The fourth-order valence-corrected chi connectivity index (χ4v) is 2.59. The minimum Gasteiger partial charge on any atom is -0.463 e. The van der Waals surface area contributed by atoms with Crippen LogP contribution in [0.15, 0.2) is 11.3 Å². The fourth-order valence-electron chi connectivity index (χ4n) is 1.08. The number of rotatable bonds is 5. The Morgan fingerprint density at radius 3 is 2.36 bits per heavy atom. The summed E-state index contributed by atoms with van der Waals surface area (Å²) in [7, 11) is -1.37. The highest BCUT2D eigenvalue weighted by molar-refractivity contribution is 6.81. The van der Waals surface area contributed by atoms with Crippen LogP contribution in [0, 0.1) is 0 Å². The van der Waals surface area contributed by atoms with Crippen molar-refractivity contribution in [2.75, 3.05) is 12.5 Å². The summed E-state index contributed by atoms with van der Waals surface area (Å²) in [6.45, 7) is 8.77. The van der Waals surface area contributed by atoms with Gasteiger partial charge < -0.3 is 4.74 Å². The number of alkyl halides is 1. The van der Waals surface area contributed by atoms with Gasteiger partial charge in [0, 0.05) is 11.5 Å². The molecule has 0 unspecified atom stereocenters.